The van der Waals surface area contributed by atoms with E-state index in [1.165, 1.54) is 44.2 Å². The molecule has 0 bridgehead atoms. The number of epoxide rings is 2. The zero-order valence-corrected chi connectivity index (χ0v) is 23.7. The van der Waals surface area contributed by atoms with E-state index in [9.17, 15) is 0 Å². The van der Waals surface area contributed by atoms with Crippen molar-refractivity contribution in [2.45, 2.75) is 17.6 Å². The number of rotatable bonds is 8. The summed E-state index contributed by atoms with van der Waals surface area (Å²) in [6.45, 7) is 2.79. The van der Waals surface area contributed by atoms with Gasteiger partial charge in [0.05, 0.1) is 18.6 Å². The molecule has 2 atom stereocenters. The van der Waals surface area contributed by atoms with Crippen LogP contribution in [0, 0.1) is 0 Å². The molecule has 0 spiro atoms. The quantitative estimate of drug-likeness (QED) is 0.177. The molecule has 4 heteroatoms. The summed E-state index contributed by atoms with van der Waals surface area (Å²) >= 11 is 0. The maximum absolute atomic E-state index is 5.99. The van der Waals surface area contributed by atoms with E-state index in [1.807, 2.05) is 0 Å². The van der Waals surface area contributed by atoms with E-state index in [-0.39, 0.29) is 12.2 Å². The molecule has 0 saturated carbocycles. The van der Waals surface area contributed by atoms with Gasteiger partial charge in [0.2, 0.25) is 0 Å². The van der Waals surface area contributed by atoms with Crippen molar-refractivity contribution < 1.29 is 18.9 Å². The first-order valence-electron chi connectivity index (χ1n) is 15.0. The maximum Gasteiger partial charge on any atom is 0.120 e. The molecule has 2 fully saturated rings. The lowest BCUT2D eigenvalue weighted by atomic mass is 9.67. The lowest BCUT2D eigenvalue weighted by molar-refractivity contribution is 0.263. The van der Waals surface area contributed by atoms with Crippen molar-refractivity contribution in [1.29, 1.82) is 0 Å². The number of benzene rings is 6. The monoisotopic (exact) mass is 562 g/mol. The fourth-order valence-corrected chi connectivity index (χ4v) is 6.82. The van der Waals surface area contributed by atoms with Crippen molar-refractivity contribution in [2.75, 3.05) is 26.4 Å². The first kappa shape index (κ1) is 24.9. The molecule has 2 aliphatic heterocycles. The third-order valence-corrected chi connectivity index (χ3v) is 9.12. The highest BCUT2D eigenvalue weighted by Crippen LogP contribution is 2.56. The van der Waals surface area contributed by atoms with Crippen LogP contribution in [0.1, 0.15) is 22.3 Å². The Morgan fingerprint density at radius 1 is 0.512 bits per heavy atom. The molecule has 2 heterocycles. The molecule has 43 heavy (non-hydrogen) atoms. The van der Waals surface area contributed by atoms with Crippen molar-refractivity contribution in [3.8, 4) is 22.6 Å². The van der Waals surface area contributed by atoms with E-state index in [1.54, 1.807) is 0 Å². The summed E-state index contributed by atoms with van der Waals surface area (Å²) in [6, 6.07) is 44.3. The zero-order valence-electron chi connectivity index (χ0n) is 23.7. The SMILES string of the molecule is c1ccc2c(c1)-c1ccccc1C2(c1ccc2cc(OCC3CO3)ccc2c1)c1ccc2cc(OCC3CO3)ccc2c1. The molecule has 0 amide bonds. The highest BCUT2D eigenvalue weighted by Gasteiger charge is 2.46. The summed E-state index contributed by atoms with van der Waals surface area (Å²) in [5, 5.41) is 4.71. The number of fused-ring (bicyclic) bond motifs is 5. The minimum absolute atomic E-state index is 0.235. The summed E-state index contributed by atoms with van der Waals surface area (Å²) in [5.41, 5.74) is 7.23. The van der Waals surface area contributed by atoms with Gasteiger partial charge in [-0.25, -0.2) is 0 Å². The molecule has 9 rings (SSSR count). The molecule has 0 N–H and O–H groups in total. The average Bonchev–Trinajstić information content (AvgIpc) is 4.00. The molecule has 0 aromatic heterocycles. The van der Waals surface area contributed by atoms with Gasteiger partial charge in [-0.1, -0.05) is 84.9 Å². The summed E-state index contributed by atoms with van der Waals surface area (Å²) in [4.78, 5) is 0. The second kappa shape index (κ2) is 9.70. The van der Waals surface area contributed by atoms with E-state index in [0.717, 1.165) is 35.5 Å². The van der Waals surface area contributed by atoms with Gasteiger partial charge in [-0.05, 0) is 91.3 Å². The number of hydrogen-bond acceptors (Lipinski definition) is 4. The van der Waals surface area contributed by atoms with Crippen molar-refractivity contribution in [3.05, 3.63) is 144 Å². The number of hydrogen-bond donors (Lipinski definition) is 0. The summed E-state index contributed by atoms with van der Waals surface area (Å²) in [7, 11) is 0. The molecule has 1 aliphatic carbocycles. The van der Waals surface area contributed by atoms with Gasteiger partial charge in [0, 0.05) is 0 Å². The fourth-order valence-electron chi connectivity index (χ4n) is 6.82. The molecule has 6 aromatic carbocycles. The number of ether oxygens (including phenoxy) is 4. The molecular formula is C39H30O4. The topological polar surface area (TPSA) is 43.5 Å². The highest BCUT2D eigenvalue weighted by atomic mass is 16.6. The van der Waals surface area contributed by atoms with Gasteiger partial charge < -0.3 is 18.9 Å². The molecule has 210 valence electrons. The second-order valence-electron chi connectivity index (χ2n) is 11.8. The normalized spacial score (nSPS) is 19.2. The molecular weight excluding hydrogens is 532 g/mol. The van der Waals surface area contributed by atoms with Gasteiger partial charge in [-0.2, -0.15) is 0 Å². The Balaban J connectivity index is 1.21. The Hall–Kier alpha value is -4.64. The maximum atomic E-state index is 5.99. The predicted molar refractivity (Wildman–Crippen MR) is 169 cm³/mol. The van der Waals surface area contributed by atoms with Crippen molar-refractivity contribution in [2.24, 2.45) is 0 Å². The van der Waals surface area contributed by atoms with Crippen LogP contribution in [0.2, 0.25) is 0 Å². The van der Waals surface area contributed by atoms with Gasteiger partial charge in [0.1, 0.15) is 36.9 Å². The average molecular weight is 563 g/mol. The lowest BCUT2D eigenvalue weighted by Gasteiger charge is -2.34. The van der Waals surface area contributed by atoms with E-state index in [0.29, 0.717) is 13.2 Å². The van der Waals surface area contributed by atoms with Crippen LogP contribution in [-0.2, 0) is 14.9 Å². The molecule has 3 aliphatic rings. The van der Waals surface area contributed by atoms with Crippen LogP contribution in [0.15, 0.2) is 121 Å². The van der Waals surface area contributed by atoms with E-state index >= 15 is 0 Å². The van der Waals surface area contributed by atoms with Gasteiger partial charge >= 0.3 is 0 Å². The van der Waals surface area contributed by atoms with E-state index < -0.39 is 5.41 Å². The predicted octanol–water partition coefficient (Wildman–Crippen LogP) is 7.91. The Kier molecular flexibility index (Phi) is 5.62. The largest absolute Gasteiger partial charge is 0.491 e. The van der Waals surface area contributed by atoms with Crippen LogP contribution in [-0.4, -0.2) is 38.6 Å². The van der Waals surface area contributed by atoms with E-state index in [2.05, 4.69) is 121 Å². The standard InChI is InChI=1S/C39H30O4/c1-3-7-37-35(5-1)36-6-2-4-8-38(36)39(37,29-13-9-27-19-31(15-11-25(27)17-29)40-21-33-23-42-33)30-14-10-28-20-32(16-12-26(28)18-30)41-22-34-24-43-34/h1-20,33-34H,21-24H2. The minimum Gasteiger partial charge on any atom is -0.491 e. The van der Waals surface area contributed by atoms with Gasteiger partial charge in [-0.3, -0.25) is 0 Å². The van der Waals surface area contributed by atoms with Crippen LogP contribution >= 0.6 is 0 Å². The molecule has 2 saturated heterocycles. The fraction of sp³-hybridized carbons (Fsp3) is 0.179. The van der Waals surface area contributed by atoms with Crippen molar-refractivity contribution in [3.63, 3.8) is 0 Å². The smallest absolute Gasteiger partial charge is 0.120 e. The Morgan fingerprint density at radius 3 is 1.40 bits per heavy atom. The van der Waals surface area contributed by atoms with E-state index in [4.69, 9.17) is 18.9 Å². The van der Waals surface area contributed by atoms with Gasteiger partial charge in [-0.15, -0.1) is 0 Å². The highest BCUT2D eigenvalue weighted by molar-refractivity contribution is 5.92. The Morgan fingerprint density at radius 2 is 0.930 bits per heavy atom. The van der Waals surface area contributed by atoms with Gasteiger partial charge in [0.25, 0.3) is 0 Å². The summed E-state index contributed by atoms with van der Waals surface area (Å²) in [6.07, 6.45) is 0.470. The molecule has 2 unspecified atom stereocenters. The third-order valence-electron chi connectivity index (χ3n) is 9.12. The lowest BCUT2D eigenvalue weighted by Crippen LogP contribution is -2.28. The van der Waals surface area contributed by atoms with Crippen molar-refractivity contribution in [1.82, 2.24) is 0 Å². The molecule has 4 nitrogen and oxygen atoms in total. The Bertz CT molecular complexity index is 1870. The molecule has 0 radical (unpaired) electrons. The summed E-state index contributed by atoms with van der Waals surface area (Å²) < 4.78 is 22.6. The van der Waals surface area contributed by atoms with Crippen molar-refractivity contribution >= 4 is 21.5 Å². The molecule has 6 aromatic rings. The van der Waals surface area contributed by atoms with Crippen LogP contribution in [0.5, 0.6) is 11.5 Å². The van der Waals surface area contributed by atoms with Crippen LogP contribution < -0.4 is 9.47 Å². The minimum atomic E-state index is -0.466. The second-order valence-corrected chi connectivity index (χ2v) is 11.8. The first-order chi connectivity index (χ1) is 21.3. The summed E-state index contributed by atoms with van der Waals surface area (Å²) in [5.74, 6) is 1.76. The van der Waals surface area contributed by atoms with Crippen LogP contribution in [0.4, 0.5) is 0 Å². The first-order valence-corrected chi connectivity index (χ1v) is 15.0. The van der Waals surface area contributed by atoms with Crippen LogP contribution in [0.25, 0.3) is 32.7 Å². The Labute approximate surface area is 250 Å². The van der Waals surface area contributed by atoms with Crippen LogP contribution in [0.3, 0.4) is 0 Å². The third kappa shape index (κ3) is 4.21. The zero-order chi connectivity index (χ0) is 28.4. The van der Waals surface area contributed by atoms with Gasteiger partial charge in [0.15, 0.2) is 0 Å².